The second-order valence-electron chi connectivity index (χ2n) is 4.48. The first-order valence-corrected chi connectivity index (χ1v) is 6.43. The van der Waals surface area contributed by atoms with Crippen molar-refractivity contribution in [1.82, 2.24) is 5.32 Å². The first-order chi connectivity index (χ1) is 8.58. The van der Waals surface area contributed by atoms with E-state index in [1.807, 2.05) is 13.8 Å². The lowest BCUT2D eigenvalue weighted by molar-refractivity contribution is 0.487. The standard InChI is InChI=1S/C15H21F2N/c1-4-8-18-15(9-11(3)5-2)13-10-12(16)6-7-14(13)17/h6-7,10,15,18H,3-5,8-9H2,1-2H3. The van der Waals surface area contributed by atoms with E-state index >= 15 is 0 Å². The molecule has 1 unspecified atom stereocenters. The van der Waals surface area contributed by atoms with Crippen LogP contribution in [0.15, 0.2) is 30.4 Å². The van der Waals surface area contributed by atoms with E-state index in [2.05, 4.69) is 11.9 Å². The molecule has 0 aliphatic heterocycles. The number of halogens is 2. The van der Waals surface area contributed by atoms with Crippen LogP contribution in [-0.2, 0) is 0 Å². The minimum absolute atomic E-state index is 0.201. The minimum Gasteiger partial charge on any atom is -0.310 e. The number of rotatable bonds is 7. The summed E-state index contributed by atoms with van der Waals surface area (Å²) in [5.74, 6) is -0.772. The van der Waals surface area contributed by atoms with E-state index < -0.39 is 5.82 Å². The molecule has 0 fully saturated rings. The lowest BCUT2D eigenvalue weighted by atomic mass is 9.97. The molecule has 1 aromatic carbocycles. The van der Waals surface area contributed by atoms with Gasteiger partial charge in [0.15, 0.2) is 0 Å². The zero-order valence-electron chi connectivity index (χ0n) is 11.1. The van der Waals surface area contributed by atoms with Gasteiger partial charge in [0.2, 0.25) is 0 Å². The second-order valence-corrected chi connectivity index (χ2v) is 4.48. The van der Waals surface area contributed by atoms with Crippen LogP contribution >= 0.6 is 0 Å². The Bertz CT molecular complexity index is 401. The van der Waals surface area contributed by atoms with Gasteiger partial charge in [0.1, 0.15) is 11.6 Å². The summed E-state index contributed by atoms with van der Waals surface area (Å²) in [7, 11) is 0. The average Bonchev–Trinajstić information content (AvgIpc) is 2.37. The highest BCUT2D eigenvalue weighted by molar-refractivity contribution is 5.24. The van der Waals surface area contributed by atoms with E-state index in [-0.39, 0.29) is 11.9 Å². The lowest BCUT2D eigenvalue weighted by Crippen LogP contribution is -2.23. The van der Waals surface area contributed by atoms with Crippen molar-refractivity contribution in [2.45, 2.75) is 39.2 Å². The predicted octanol–water partition coefficient (Wildman–Crippen LogP) is 4.36. The molecule has 0 aliphatic rings. The molecule has 0 bridgehead atoms. The summed E-state index contributed by atoms with van der Waals surface area (Å²) < 4.78 is 27.0. The van der Waals surface area contributed by atoms with Crippen LogP contribution in [0.2, 0.25) is 0 Å². The van der Waals surface area contributed by atoms with Crippen molar-refractivity contribution in [1.29, 1.82) is 0 Å². The Morgan fingerprint density at radius 3 is 2.67 bits per heavy atom. The van der Waals surface area contributed by atoms with Crippen molar-refractivity contribution in [2.75, 3.05) is 6.54 Å². The van der Waals surface area contributed by atoms with Gasteiger partial charge in [-0.2, -0.15) is 0 Å². The van der Waals surface area contributed by atoms with Crippen molar-refractivity contribution >= 4 is 0 Å². The number of hydrogen-bond donors (Lipinski definition) is 1. The molecule has 0 radical (unpaired) electrons. The Morgan fingerprint density at radius 2 is 2.06 bits per heavy atom. The maximum Gasteiger partial charge on any atom is 0.128 e. The monoisotopic (exact) mass is 253 g/mol. The number of benzene rings is 1. The summed E-state index contributed by atoms with van der Waals surface area (Å²) in [5.41, 5.74) is 1.42. The van der Waals surface area contributed by atoms with Crippen molar-refractivity contribution in [3.05, 3.63) is 47.5 Å². The van der Waals surface area contributed by atoms with Gasteiger partial charge < -0.3 is 5.32 Å². The molecule has 0 spiro atoms. The van der Waals surface area contributed by atoms with Gasteiger partial charge in [-0.25, -0.2) is 8.78 Å². The zero-order chi connectivity index (χ0) is 13.5. The van der Waals surface area contributed by atoms with Crippen molar-refractivity contribution in [3.63, 3.8) is 0 Å². The molecule has 0 heterocycles. The van der Waals surface area contributed by atoms with Crippen LogP contribution in [0.25, 0.3) is 0 Å². The van der Waals surface area contributed by atoms with Gasteiger partial charge >= 0.3 is 0 Å². The summed E-state index contributed by atoms with van der Waals surface area (Å²) in [6, 6.07) is 3.39. The highest BCUT2D eigenvalue weighted by Crippen LogP contribution is 2.25. The normalized spacial score (nSPS) is 12.4. The highest BCUT2D eigenvalue weighted by atomic mass is 19.1. The fourth-order valence-electron chi connectivity index (χ4n) is 1.83. The molecule has 100 valence electrons. The van der Waals surface area contributed by atoms with Gasteiger partial charge in [-0.05, 0) is 44.0 Å². The second kappa shape index (κ2) is 7.27. The molecule has 3 heteroatoms. The van der Waals surface area contributed by atoms with Gasteiger partial charge in [0.05, 0.1) is 0 Å². The van der Waals surface area contributed by atoms with E-state index in [0.717, 1.165) is 31.0 Å². The van der Waals surface area contributed by atoms with Crippen molar-refractivity contribution in [2.24, 2.45) is 0 Å². The Hall–Kier alpha value is -1.22. The summed E-state index contributed by atoms with van der Waals surface area (Å²) in [5, 5.41) is 3.25. The van der Waals surface area contributed by atoms with Gasteiger partial charge in [-0.1, -0.05) is 26.0 Å². The van der Waals surface area contributed by atoms with Crippen LogP contribution in [0.5, 0.6) is 0 Å². The Kier molecular flexibility index (Phi) is 5.99. The molecular weight excluding hydrogens is 232 g/mol. The maximum absolute atomic E-state index is 13.8. The van der Waals surface area contributed by atoms with Crippen molar-refractivity contribution in [3.8, 4) is 0 Å². The van der Waals surface area contributed by atoms with Crippen LogP contribution in [0, 0.1) is 11.6 Å². The Balaban J connectivity index is 2.92. The largest absolute Gasteiger partial charge is 0.310 e. The summed E-state index contributed by atoms with van der Waals surface area (Å²) in [4.78, 5) is 0. The summed E-state index contributed by atoms with van der Waals surface area (Å²) in [6.07, 6.45) is 2.43. The Morgan fingerprint density at radius 1 is 1.33 bits per heavy atom. The van der Waals surface area contributed by atoms with Crippen LogP contribution in [0.1, 0.15) is 44.7 Å². The lowest BCUT2D eigenvalue weighted by Gasteiger charge is -2.20. The topological polar surface area (TPSA) is 12.0 Å². The van der Waals surface area contributed by atoms with E-state index in [0.29, 0.717) is 12.0 Å². The van der Waals surface area contributed by atoms with Crippen LogP contribution in [0.3, 0.4) is 0 Å². The fraction of sp³-hybridized carbons (Fsp3) is 0.467. The molecular formula is C15H21F2N. The van der Waals surface area contributed by atoms with E-state index in [1.165, 1.54) is 12.1 Å². The molecule has 18 heavy (non-hydrogen) atoms. The summed E-state index contributed by atoms with van der Waals surface area (Å²) in [6.45, 7) is 8.78. The smallest absolute Gasteiger partial charge is 0.128 e. The third-order valence-corrected chi connectivity index (χ3v) is 2.97. The average molecular weight is 253 g/mol. The van der Waals surface area contributed by atoms with Gasteiger partial charge in [0.25, 0.3) is 0 Å². The zero-order valence-corrected chi connectivity index (χ0v) is 11.1. The van der Waals surface area contributed by atoms with E-state index in [9.17, 15) is 8.78 Å². The molecule has 0 saturated heterocycles. The van der Waals surface area contributed by atoms with Gasteiger partial charge in [0, 0.05) is 11.6 Å². The van der Waals surface area contributed by atoms with Crippen LogP contribution < -0.4 is 5.32 Å². The van der Waals surface area contributed by atoms with Gasteiger partial charge in [-0.15, -0.1) is 0 Å². The van der Waals surface area contributed by atoms with Crippen LogP contribution in [-0.4, -0.2) is 6.54 Å². The molecule has 0 aromatic heterocycles. The van der Waals surface area contributed by atoms with Gasteiger partial charge in [-0.3, -0.25) is 0 Å². The molecule has 1 nitrogen and oxygen atoms in total. The molecule has 1 aromatic rings. The highest BCUT2D eigenvalue weighted by Gasteiger charge is 2.16. The van der Waals surface area contributed by atoms with Crippen molar-refractivity contribution < 1.29 is 8.78 Å². The number of hydrogen-bond acceptors (Lipinski definition) is 1. The van der Waals surface area contributed by atoms with E-state index in [4.69, 9.17) is 0 Å². The van der Waals surface area contributed by atoms with Crippen LogP contribution in [0.4, 0.5) is 8.78 Å². The molecule has 0 aliphatic carbocycles. The molecule has 1 rings (SSSR count). The summed E-state index contributed by atoms with van der Waals surface area (Å²) >= 11 is 0. The third-order valence-electron chi connectivity index (χ3n) is 2.97. The maximum atomic E-state index is 13.8. The fourth-order valence-corrected chi connectivity index (χ4v) is 1.83. The first kappa shape index (κ1) is 14.8. The van der Waals surface area contributed by atoms with E-state index in [1.54, 1.807) is 0 Å². The molecule has 1 N–H and O–H groups in total. The molecule has 1 atom stereocenters. The first-order valence-electron chi connectivity index (χ1n) is 6.43. The molecule has 0 saturated carbocycles. The number of nitrogens with one attached hydrogen (secondary N) is 1. The minimum atomic E-state index is -0.406. The Labute approximate surface area is 108 Å². The quantitative estimate of drug-likeness (QED) is 0.712. The third kappa shape index (κ3) is 4.22. The predicted molar refractivity (Wildman–Crippen MR) is 71.4 cm³/mol. The molecule has 0 amide bonds. The SMILES string of the molecule is C=C(CC)CC(NCCC)c1cc(F)ccc1F.